The number of nitrogens with zero attached hydrogens (tertiary/aromatic N) is 1. The molecule has 0 radical (unpaired) electrons. The maximum Gasteiger partial charge on any atom is 0.191 e. The van der Waals surface area contributed by atoms with Crippen LogP contribution in [0, 0.1) is 17.3 Å². The summed E-state index contributed by atoms with van der Waals surface area (Å²) in [6.45, 7) is 10.8. The van der Waals surface area contributed by atoms with Crippen molar-refractivity contribution in [1.29, 1.82) is 0 Å². The summed E-state index contributed by atoms with van der Waals surface area (Å²) in [7, 11) is 0. The van der Waals surface area contributed by atoms with Crippen molar-refractivity contribution >= 4 is 29.9 Å². The number of nitrogens with one attached hydrogen (secondary N) is 2. The number of rotatable bonds is 5. The lowest BCUT2D eigenvalue weighted by Crippen LogP contribution is -2.68. The van der Waals surface area contributed by atoms with Gasteiger partial charge in [-0.05, 0) is 32.1 Å². The Bertz CT molecular complexity index is 413. The molecule has 3 rings (SSSR count). The topological polar surface area (TPSA) is 45.7 Å². The van der Waals surface area contributed by atoms with Gasteiger partial charge in [0.15, 0.2) is 5.96 Å². The van der Waals surface area contributed by atoms with Gasteiger partial charge in [-0.25, -0.2) is 0 Å². The third-order valence-electron chi connectivity index (χ3n) is 5.61. The molecule has 2 saturated carbocycles. The van der Waals surface area contributed by atoms with E-state index in [0.717, 1.165) is 25.0 Å². The Morgan fingerprint density at radius 1 is 1.27 bits per heavy atom. The smallest absolute Gasteiger partial charge is 0.191 e. The summed E-state index contributed by atoms with van der Waals surface area (Å²) in [6, 6.07) is 1.13. The molecule has 1 heterocycles. The molecule has 22 heavy (non-hydrogen) atoms. The van der Waals surface area contributed by atoms with Gasteiger partial charge in [-0.15, -0.1) is 24.0 Å². The second-order valence-electron chi connectivity index (χ2n) is 7.55. The van der Waals surface area contributed by atoms with Gasteiger partial charge in [-0.3, -0.25) is 4.99 Å². The fourth-order valence-electron chi connectivity index (χ4n) is 4.35. The molecular weight excluding hydrogens is 389 g/mol. The minimum Gasteiger partial charge on any atom is -0.377 e. The van der Waals surface area contributed by atoms with Crippen molar-refractivity contribution in [2.45, 2.75) is 71.6 Å². The number of ether oxygens (including phenoxy) is 1. The zero-order valence-corrected chi connectivity index (χ0v) is 16.7. The van der Waals surface area contributed by atoms with Gasteiger partial charge in [0.1, 0.15) is 0 Å². The summed E-state index contributed by atoms with van der Waals surface area (Å²) < 4.78 is 5.88. The van der Waals surface area contributed by atoms with Gasteiger partial charge in [0.2, 0.25) is 0 Å². The van der Waals surface area contributed by atoms with E-state index in [9.17, 15) is 0 Å². The molecule has 3 fully saturated rings. The highest BCUT2D eigenvalue weighted by Crippen LogP contribution is 2.52. The van der Waals surface area contributed by atoms with E-state index < -0.39 is 0 Å². The molecule has 2 aliphatic carbocycles. The van der Waals surface area contributed by atoms with Gasteiger partial charge in [0, 0.05) is 36.6 Å². The first-order valence-corrected chi connectivity index (χ1v) is 8.77. The molecule has 0 bridgehead atoms. The van der Waals surface area contributed by atoms with Crippen LogP contribution in [-0.2, 0) is 4.74 Å². The van der Waals surface area contributed by atoms with E-state index >= 15 is 0 Å². The molecular formula is C17H32IN3O. The summed E-state index contributed by atoms with van der Waals surface area (Å²) >= 11 is 0. The monoisotopic (exact) mass is 421 g/mol. The fourth-order valence-corrected chi connectivity index (χ4v) is 4.35. The van der Waals surface area contributed by atoms with E-state index in [1.165, 1.54) is 25.7 Å². The van der Waals surface area contributed by atoms with Crippen LogP contribution in [0.15, 0.2) is 4.99 Å². The number of guanidine groups is 1. The van der Waals surface area contributed by atoms with Gasteiger partial charge in [0.05, 0.1) is 6.10 Å². The Balaban J connectivity index is 0.00000176. The molecule has 5 unspecified atom stereocenters. The van der Waals surface area contributed by atoms with Crippen molar-refractivity contribution < 1.29 is 4.74 Å². The summed E-state index contributed by atoms with van der Waals surface area (Å²) in [6.07, 6.45) is 5.55. The summed E-state index contributed by atoms with van der Waals surface area (Å²) in [5.74, 6) is 2.54. The molecule has 0 spiro atoms. The molecule has 0 aromatic rings. The molecule has 5 heteroatoms. The maximum absolute atomic E-state index is 5.88. The Morgan fingerprint density at radius 3 is 2.73 bits per heavy atom. The lowest BCUT2D eigenvalue weighted by molar-refractivity contribution is -0.106. The third-order valence-corrected chi connectivity index (χ3v) is 5.61. The molecule has 0 aromatic carbocycles. The molecule has 5 atom stereocenters. The standard InChI is InChI=1S/C17H31N3O.HI/c1-5-7-11-10-13(11)19-16(18-6-2)20-14-12-8-9-21-15(12)17(14,3)4;/h11-15H,5-10H2,1-4H3,(H2,18,19,20);1H. The minimum atomic E-state index is 0. The van der Waals surface area contributed by atoms with Gasteiger partial charge in [-0.2, -0.15) is 0 Å². The summed E-state index contributed by atoms with van der Waals surface area (Å²) in [4.78, 5) is 4.65. The first kappa shape index (κ1) is 18.3. The molecule has 1 saturated heterocycles. The van der Waals surface area contributed by atoms with E-state index in [1.54, 1.807) is 0 Å². The predicted octanol–water partition coefficient (Wildman–Crippen LogP) is 3.16. The van der Waals surface area contributed by atoms with Crippen LogP contribution < -0.4 is 10.6 Å². The highest BCUT2D eigenvalue weighted by molar-refractivity contribution is 14.0. The largest absolute Gasteiger partial charge is 0.377 e. The van der Waals surface area contributed by atoms with Crippen molar-refractivity contribution in [3.8, 4) is 0 Å². The maximum atomic E-state index is 5.88. The normalized spacial score (nSPS) is 38.5. The van der Waals surface area contributed by atoms with E-state index in [1.807, 2.05) is 0 Å². The number of hydrogen-bond donors (Lipinski definition) is 2. The Labute approximate surface area is 152 Å². The summed E-state index contributed by atoms with van der Waals surface area (Å²) in [5.41, 5.74) is 0.212. The fraction of sp³-hybridized carbons (Fsp3) is 0.941. The lowest BCUT2D eigenvalue weighted by atomic mass is 9.57. The molecule has 128 valence electrons. The minimum absolute atomic E-state index is 0. The number of halogens is 1. The van der Waals surface area contributed by atoms with Crippen molar-refractivity contribution in [3.63, 3.8) is 0 Å². The van der Waals surface area contributed by atoms with Crippen molar-refractivity contribution in [2.75, 3.05) is 13.2 Å². The average Bonchev–Trinajstić information content (AvgIpc) is 3.01. The number of fused-ring (bicyclic) bond motifs is 1. The molecule has 2 N–H and O–H groups in total. The first-order chi connectivity index (χ1) is 10.1. The van der Waals surface area contributed by atoms with Crippen LogP contribution in [0.25, 0.3) is 0 Å². The van der Waals surface area contributed by atoms with Gasteiger partial charge in [0.25, 0.3) is 0 Å². The highest BCUT2D eigenvalue weighted by Gasteiger charge is 2.59. The second kappa shape index (κ2) is 7.24. The number of hydrogen-bond acceptors (Lipinski definition) is 2. The summed E-state index contributed by atoms with van der Waals surface area (Å²) in [5, 5.41) is 7.35. The Hall–Kier alpha value is -0.0400. The Kier molecular flexibility index (Phi) is 6.02. The van der Waals surface area contributed by atoms with Crippen LogP contribution in [0.3, 0.4) is 0 Å². The predicted molar refractivity (Wildman–Crippen MR) is 102 cm³/mol. The quantitative estimate of drug-likeness (QED) is 0.407. The molecule has 0 amide bonds. The van der Waals surface area contributed by atoms with E-state index in [0.29, 0.717) is 24.1 Å². The van der Waals surface area contributed by atoms with Crippen LogP contribution >= 0.6 is 24.0 Å². The highest BCUT2D eigenvalue weighted by atomic mass is 127. The average molecular weight is 421 g/mol. The van der Waals surface area contributed by atoms with Gasteiger partial charge >= 0.3 is 0 Å². The SMILES string of the molecule is CCCC1CC1NC(=NCC)NC1C2CCOC2C1(C)C.I. The van der Waals surface area contributed by atoms with Crippen LogP contribution in [0.4, 0.5) is 0 Å². The zero-order chi connectivity index (χ0) is 15.0. The van der Waals surface area contributed by atoms with Crippen LogP contribution in [-0.4, -0.2) is 37.3 Å². The lowest BCUT2D eigenvalue weighted by Gasteiger charge is -2.55. The van der Waals surface area contributed by atoms with Crippen molar-refractivity contribution in [1.82, 2.24) is 10.6 Å². The van der Waals surface area contributed by atoms with E-state index in [2.05, 4.69) is 43.3 Å². The van der Waals surface area contributed by atoms with E-state index in [-0.39, 0.29) is 29.4 Å². The third kappa shape index (κ3) is 3.40. The molecule has 4 nitrogen and oxygen atoms in total. The molecule has 0 aromatic heterocycles. The van der Waals surface area contributed by atoms with Crippen molar-refractivity contribution in [3.05, 3.63) is 0 Å². The zero-order valence-electron chi connectivity index (χ0n) is 14.4. The molecule has 3 aliphatic rings. The first-order valence-electron chi connectivity index (χ1n) is 8.77. The van der Waals surface area contributed by atoms with Crippen LogP contribution in [0.2, 0.25) is 0 Å². The van der Waals surface area contributed by atoms with Gasteiger partial charge in [-0.1, -0.05) is 27.2 Å². The number of aliphatic imine (C=N–C) groups is 1. The second-order valence-corrected chi connectivity index (χ2v) is 7.55. The van der Waals surface area contributed by atoms with Crippen LogP contribution in [0.1, 0.15) is 53.4 Å². The van der Waals surface area contributed by atoms with Crippen LogP contribution in [0.5, 0.6) is 0 Å². The van der Waals surface area contributed by atoms with Gasteiger partial charge < -0.3 is 15.4 Å². The Morgan fingerprint density at radius 2 is 2.05 bits per heavy atom. The van der Waals surface area contributed by atoms with Crippen molar-refractivity contribution in [2.24, 2.45) is 22.2 Å². The molecule has 1 aliphatic heterocycles. The van der Waals surface area contributed by atoms with E-state index in [4.69, 9.17) is 4.74 Å².